The number of carbonyl (C=O) groups is 2. The molecule has 0 unspecified atom stereocenters. The van der Waals surface area contributed by atoms with Gasteiger partial charge in [0, 0.05) is 30.8 Å². The number of nitrogens with zero attached hydrogens (tertiary/aromatic N) is 1. The molecule has 0 spiro atoms. The zero-order chi connectivity index (χ0) is 14.4. The smallest absolute Gasteiger partial charge is 0.227 e. The maximum atomic E-state index is 11.7. The third kappa shape index (κ3) is 3.83. The number of nitrogens with one attached hydrogen (secondary N) is 1. The third-order valence-electron chi connectivity index (χ3n) is 3.54. The molecule has 2 rings (SSSR count). The van der Waals surface area contributed by atoms with E-state index >= 15 is 0 Å². The quantitative estimate of drug-likeness (QED) is 0.809. The van der Waals surface area contributed by atoms with Crippen LogP contribution in [0.2, 0.25) is 0 Å². The van der Waals surface area contributed by atoms with E-state index < -0.39 is 0 Å². The van der Waals surface area contributed by atoms with Crippen molar-refractivity contribution in [3.8, 4) is 0 Å². The normalized spacial score (nSPS) is 14.7. The molecule has 0 aliphatic carbocycles. The predicted octanol–water partition coefficient (Wildman–Crippen LogP) is 3.33. The first kappa shape index (κ1) is 14.6. The molecule has 0 atom stereocenters. The lowest BCUT2D eigenvalue weighted by Gasteiger charge is -2.16. The molecule has 1 aromatic rings. The molecule has 0 bridgehead atoms. The highest BCUT2D eigenvalue weighted by atomic mass is 16.2. The van der Waals surface area contributed by atoms with Gasteiger partial charge in [0.15, 0.2) is 0 Å². The summed E-state index contributed by atoms with van der Waals surface area (Å²) in [7, 11) is 0. The summed E-state index contributed by atoms with van der Waals surface area (Å²) in [6.45, 7) is 2.91. The Morgan fingerprint density at radius 1 is 1.25 bits per heavy atom. The van der Waals surface area contributed by atoms with Crippen molar-refractivity contribution in [1.82, 2.24) is 0 Å². The third-order valence-corrected chi connectivity index (χ3v) is 3.54. The summed E-state index contributed by atoms with van der Waals surface area (Å²) >= 11 is 0. The molecule has 1 aliphatic rings. The molecule has 0 aromatic heterocycles. The number of hydrogen-bond acceptors (Lipinski definition) is 2. The number of anilines is 2. The van der Waals surface area contributed by atoms with Crippen molar-refractivity contribution in [3.63, 3.8) is 0 Å². The fraction of sp³-hybridized carbons (Fsp3) is 0.500. The van der Waals surface area contributed by atoms with Crippen molar-refractivity contribution >= 4 is 23.2 Å². The molecule has 1 heterocycles. The van der Waals surface area contributed by atoms with Crippen molar-refractivity contribution < 1.29 is 9.59 Å². The molecule has 1 fully saturated rings. The van der Waals surface area contributed by atoms with E-state index in [9.17, 15) is 9.59 Å². The minimum absolute atomic E-state index is 0.0587. The van der Waals surface area contributed by atoms with Crippen LogP contribution in [0.4, 0.5) is 11.4 Å². The standard InChI is InChI=1S/C16H22N2O2/c1-2-3-4-6-15(19)17-13-8-10-14(11-9-13)18-12-5-7-16(18)20/h8-11H,2-7,12H2,1H3,(H,17,19). The van der Waals surface area contributed by atoms with Gasteiger partial charge in [-0.25, -0.2) is 0 Å². The van der Waals surface area contributed by atoms with Gasteiger partial charge >= 0.3 is 0 Å². The summed E-state index contributed by atoms with van der Waals surface area (Å²) in [4.78, 5) is 25.1. The second-order valence-electron chi connectivity index (χ2n) is 5.20. The van der Waals surface area contributed by atoms with Gasteiger partial charge in [-0.15, -0.1) is 0 Å². The van der Waals surface area contributed by atoms with Crippen LogP contribution in [0.3, 0.4) is 0 Å². The van der Waals surface area contributed by atoms with Crippen molar-refractivity contribution in [1.29, 1.82) is 0 Å². The van der Waals surface area contributed by atoms with Gasteiger partial charge in [-0.05, 0) is 37.1 Å². The predicted molar refractivity (Wildman–Crippen MR) is 80.8 cm³/mol. The van der Waals surface area contributed by atoms with E-state index in [-0.39, 0.29) is 11.8 Å². The minimum atomic E-state index is 0.0587. The van der Waals surface area contributed by atoms with Gasteiger partial charge in [0.05, 0.1) is 0 Å². The zero-order valence-corrected chi connectivity index (χ0v) is 12.0. The molecular formula is C16H22N2O2. The SMILES string of the molecule is CCCCCC(=O)Nc1ccc(N2CCCC2=O)cc1. The van der Waals surface area contributed by atoms with E-state index in [1.807, 2.05) is 24.3 Å². The Morgan fingerprint density at radius 3 is 2.60 bits per heavy atom. The Morgan fingerprint density at radius 2 is 2.00 bits per heavy atom. The maximum Gasteiger partial charge on any atom is 0.227 e. The van der Waals surface area contributed by atoms with E-state index in [4.69, 9.17) is 0 Å². The highest BCUT2D eigenvalue weighted by molar-refractivity contribution is 5.96. The minimum Gasteiger partial charge on any atom is -0.326 e. The number of amides is 2. The van der Waals surface area contributed by atoms with Crippen molar-refractivity contribution in [3.05, 3.63) is 24.3 Å². The van der Waals surface area contributed by atoms with E-state index in [0.29, 0.717) is 12.8 Å². The molecule has 0 radical (unpaired) electrons. The lowest BCUT2D eigenvalue weighted by molar-refractivity contribution is -0.117. The second kappa shape index (κ2) is 7.08. The van der Waals surface area contributed by atoms with Crippen LogP contribution in [0.25, 0.3) is 0 Å². The summed E-state index contributed by atoms with van der Waals surface area (Å²) in [5.74, 6) is 0.241. The Labute approximate surface area is 120 Å². The Kier molecular flexibility index (Phi) is 5.16. The topological polar surface area (TPSA) is 49.4 Å². The molecule has 1 aromatic carbocycles. The van der Waals surface area contributed by atoms with Gasteiger partial charge in [-0.2, -0.15) is 0 Å². The van der Waals surface area contributed by atoms with E-state index in [2.05, 4.69) is 12.2 Å². The van der Waals surface area contributed by atoms with Crippen LogP contribution in [0.1, 0.15) is 45.4 Å². The van der Waals surface area contributed by atoms with Gasteiger partial charge < -0.3 is 10.2 Å². The Balaban J connectivity index is 1.88. The monoisotopic (exact) mass is 274 g/mol. The molecular weight excluding hydrogens is 252 g/mol. The lowest BCUT2D eigenvalue weighted by atomic mass is 10.2. The van der Waals surface area contributed by atoms with Gasteiger partial charge in [0.2, 0.25) is 11.8 Å². The van der Waals surface area contributed by atoms with Crippen LogP contribution < -0.4 is 10.2 Å². The van der Waals surface area contributed by atoms with Gasteiger partial charge in [-0.1, -0.05) is 19.8 Å². The molecule has 1 N–H and O–H groups in total. The van der Waals surface area contributed by atoms with E-state index in [0.717, 1.165) is 43.6 Å². The molecule has 1 saturated heterocycles. The van der Waals surface area contributed by atoms with Crippen LogP contribution in [0.15, 0.2) is 24.3 Å². The van der Waals surface area contributed by atoms with Crippen LogP contribution in [-0.4, -0.2) is 18.4 Å². The van der Waals surface area contributed by atoms with Gasteiger partial charge in [-0.3, -0.25) is 9.59 Å². The van der Waals surface area contributed by atoms with Crippen LogP contribution >= 0.6 is 0 Å². The summed E-state index contributed by atoms with van der Waals surface area (Å²) in [6.07, 6.45) is 5.27. The fourth-order valence-electron chi connectivity index (χ4n) is 2.40. The molecule has 4 heteroatoms. The van der Waals surface area contributed by atoms with E-state index in [1.165, 1.54) is 0 Å². The molecule has 20 heavy (non-hydrogen) atoms. The Hall–Kier alpha value is -1.84. The van der Waals surface area contributed by atoms with Crippen molar-refractivity contribution in [2.24, 2.45) is 0 Å². The Bertz CT molecular complexity index is 468. The van der Waals surface area contributed by atoms with Crippen LogP contribution in [0.5, 0.6) is 0 Å². The fourth-order valence-corrected chi connectivity index (χ4v) is 2.40. The summed E-state index contributed by atoms with van der Waals surface area (Å²) < 4.78 is 0. The lowest BCUT2D eigenvalue weighted by Crippen LogP contribution is -2.23. The average molecular weight is 274 g/mol. The molecule has 108 valence electrons. The van der Waals surface area contributed by atoms with Crippen molar-refractivity contribution in [2.75, 3.05) is 16.8 Å². The molecule has 1 aliphatic heterocycles. The maximum absolute atomic E-state index is 11.7. The van der Waals surface area contributed by atoms with Crippen molar-refractivity contribution in [2.45, 2.75) is 45.4 Å². The first-order valence-electron chi connectivity index (χ1n) is 7.41. The first-order chi connectivity index (χ1) is 9.70. The summed E-state index contributed by atoms with van der Waals surface area (Å²) in [5.41, 5.74) is 1.71. The van der Waals surface area contributed by atoms with Crippen LogP contribution in [0, 0.1) is 0 Å². The number of rotatable bonds is 6. The zero-order valence-electron chi connectivity index (χ0n) is 12.0. The molecule has 4 nitrogen and oxygen atoms in total. The summed E-state index contributed by atoms with van der Waals surface area (Å²) in [6, 6.07) is 7.51. The molecule has 0 saturated carbocycles. The van der Waals surface area contributed by atoms with E-state index in [1.54, 1.807) is 4.90 Å². The molecule has 2 amide bonds. The van der Waals surface area contributed by atoms with Crippen LogP contribution in [-0.2, 0) is 9.59 Å². The number of hydrogen-bond donors (Lipinski definition) is 1. The first-order valence-corrected chi connectivity index (χ1v) is 7.41. The number of carbonyl (C=O) groups excluding carboxylic acids is 2. The number of unbranched alkanes of at least 4 members (excludes halogenated alkanes) is 2. The second-order valence-corrected chi connectivity index (χ2v) is 5.20. The van der Waals surface area contributed by atoms with Gasteiger partial charge in [0.25, 0.3) is 0 Å². The summed E-state index contributed by atoms with van der Waals surface area (Å²) in [5, 5.41) is 2.89. The largest absolute Gasteiger partial charge is 0.326 e. The number of benzene rings is 1. The van der Waals surface area contributed by atoms with Gasteiger partial charge in [0.1, 0.15) is 0 Å². The highest BCUT2D eigenvalue weighted by Gasteiger charge is 2.21. The average Bonchev–Trinajstić information content (AvgIpc) is 2.86. The highest BCUT2D eigenvalue weighted by Crippen LogP contribution is 2.23.